The first-order valence-electron chi connectivity index (χ1n) is 4.82. The van der Waals surface area contributed by atoms with Gasteiger partial charge in [-0.3, -0.25) is 9.59 Å². The van der Waals surface area contributed by atoms with Crippen molar-refractivity contribution in [3.05, 3.63) is 29.8 Å². The van der Waals surface area contributed by atoms with Crippen LogP contribution in [0.25, 0.3) is 0 Å². The van der Waals surface area contributed by atoms with E-state index in [0.29, 0.717) is 12.2 Å². The van der Waals surface area contributed by atoms with Crippen molar-refractivity contribution >= 4 is 23.3 Å². The highest BCUT2D eigenvalue weighted by atomic mass is 16.4. The summed E-state index contributed by atoms with van der Waals surface area (Å²) in [6.45, 7) is 0.377. The van der Waals surface area contributed by atoms with E-state index in [1.165, 1.54) is 0 Å². The van der Waals surface area contributed by atoms with Gasteiger partial charge < -0.3 is 10.4 Å². The lowest BCUT2D eigenvalue weighted by atomic mass is 10.2. The van der Waals surface area contributed by atoms with Crippen molar-refractivity contribution in [2.75, 3.05) is 0 Å². The van der Waals surface area contributed by atoms with Crippen molar-refractivity contribution in [3.63, 3.8) is 0 Å². The number of carbonyl (C=O) groups is 2. The fraction of sp³-hybridized carbons (Fsp3) is 0.182. The van der Waals surface area contributed by atoms with Crippen molar-refractivity contribution < 1.29 is 14.7 Å². The van der Waals surface area contributed by atoms with E-state index in [1.54, 1.807) is 12.1 Å². The predicted molar refractivity (Wildman–Crippen MR) is 57.6 cm³/mol. The molecule has 1 heterocycles. The third kappa shape index (κ3) is 2.08. The second-order valence-corrected chi connectivity index (χ2v) is 3.44. The lowest BCUT2D eigenvalue weighted by Gasteiger charge is -2.01. The van der Waals surface area contributed by atoms with Gasteiger partial charge in [0.1, 0.15) is 5.71 Å². The summed E-state index contributed by atoms with van der Waals surface area (Å²) in [6, 6.07) is 7.26. The van der Waals surface area contributed by atoms with Crippen LogP contribution in [0.5, 0.6) is 0 Å². The van der Waals surface area contributed by atoms with E-state index in [2.05, 4.69) is 10.3 Å². The number of hydrogen-bond acceptors (Lipinski definition) is 3. The Kier molecular flexibility index (Phi) is 2.68. The van der Waals surface area contributed by atoms with E-state index in [9.17, 15) is 9.59 Å². The van der Waals surface area contributed by atoms with Crippen LogP contribution in [0.2, 0.25) is 0 Å². The quantitative estimate of drug-likeness (QED) is 0.772. The van der Waals surface area contributed by atoms with Crippen molar-refractivity contribution in [2.45, 2.75) is 13.0 Å². The van der Waals surface area contributed by atoms with E-state index in [4.69, 9.17) is 5.11 Å². The molecular formula is C11H10N2O3. The molecule has 0 aliphatic carbocycles. The van der Waals surface area contributed by atoms with Crippen molar-refractivity contribution in [1.29, 1.82) is 0 Å². The Hall–Kier alpha value is -2.17. The molecule has 0 saturated carbocycles. The third-order valence-electron chi connectivity index (χ3n) is 2.27. The number of hydrogen-bond donors (Lipinski definition) is 2. The van der Waals surface area contributed by atoms with Gasteiger partial charge in [-0.15, -0.1) is 0 Å². The van der Waals surface area contributed by atoms with Gasteiger partial charge in [-0.25, -0.2) is 4.99 Å². The Morgan fingerprint density at radius 3 is 2.94 bits per heavy atom. The fourth-order valence-corrected chi connectivity index (χ4v) is 1.51. The first kappa shape index (κ1) is 10.4. The Morgan fingerprint density at radius 1 is 1.44 bits per heavy atom. The van der Waals surface area contributed by atoms with Crippen LogP contribution in [-0.2, 0) is 16.1 Å². The summed E-state index contributed by atoms with van der Waals surface area (Å²) in [4.78, 5) is 26.2. The molecule has 2 N–H and O–H groups in total. The number of aliphatic imine (C=N–C) groups is 1. The third-order valence-corrected chi connectivity index (χ3v) is 2.27. The van der Waals surface area contributed by atoms with Crippen LogP contribution < -0.4 is 5.32 Å². The summed E-state index contributed by atoms with van der Waals surface area (Å²) >= 11 is 0. The molecule has 0 atom stereocenters. The Labute approximate surface area is 91.8 Å². The van der Waals surface area contributed by atoms with E-state index in [-0.39, 0.29) is 12.1 Å². The highest BCUT2D eigenvalue weighted by Gasteiger charge is 2.19. The summed E-state index contributed by atoms with van der Waals surface area (Å²) in [5, 5.41) is 11.3. The zero-order chi connectivity index (χ0) is 11.5. The van der Waals surface area contributed by atoms with Gasteiger partial charge in [0.25, 0.3) is 5.91 Å². The van der Waals surface area contributed by atoms with Crippen molar-refractivity contribution in [1.82, 2.24) is 5.32 Å². The average molecular weight is 218 g/mol. The number of aliphatic carboxylic acids is 1. The van der Waals surface area contributed by atoms with Crippen LogP contribution in [0.15, 0.2) is 29.3 Å². The molecular weight excluding hydrogens is 208 g/mol. The topological polar surface area (TPSA) is 78.8 Å². The van der Waals surface area contributed by atoms with Gasteiger partial charge in [-0.2, -0.15) is 0 Å². The molecule has 0 fully saturated rings. The minimum absolute atomic E-state index is 0.0393. The summed E-state index contributed by atoms with van der Waals surface area (Å²) in [5.41, 5.74) is 1.57. The Bertz CT molecular complexity index is 480. The van der Waals surface area contributed by atoms with Crippen molar-refractivity contribution in [3.8, 4) is 0 Å². The van der Waals surface area contributed by atoms with Crippen LogP contribution in [0.1, 0.15) is 12.0 Å². The van der Waals surface area contributed by atoms with Gasteiger partial charge >= 0.3 is 5.97 Å². The van der Waals surface area contributed by atoms with Crippen LogP contribution in [0.4, 0.5) is 5.69 Å². The fourth-order valence-electron chi connectivity index (χ4n) is 1.51. The molecule has 1 aliphatic heterocycles. The Morgan fingerprint density at radius 2 is 2.19 bits per heavy atom. The molecule has 0 radical (unpaired) electrons. The second-order valence-electron chi connectivity index (χ2n) is 3.44. The molecule has 82 valence electrons. The molecule has 0 unspecified atom stereocenters. The van der Waals surface area contributed by atoms with Gasteiger partial charge in [-0.1, -0.05) is 18.2 Å². The molecule has 1 amide bonds. The number of nitrogens with zero attached hydrogens (tertiary/aromatic N) is 1. The molecule has 1 aromatic rings. The van der Waals surface area contributed by atoms with E-state index < -0.39 is 11.9 Å². The molecule has 0 spiro atoms. The maximum Gasteiger partial charge on any atom is 0.309 e. The monoisotopic (exact) mass is 218 g/mol. The lowest BCUT2D eigenvalue weighted by molar-refractivity contribution is -0.136. The van der Waals surface area contributed by atoms with Crippen LogP contribution >= 0.6 is 0 Å². The number of para-hydroxylation sites is 1. The van der Waals surface area contributed by atoms with Gasteiger partial charge in [-0.05, 0) is 11.6 Å². The normalized spacial score (nSPS) is 14.5. The predicted octanol–water partition coefficient (Wildman–Crippen LogP) is 0.864. The number of carboxylic acids is 1. The number of amides is 1. The number of fused-ring (bicyclic) bond motifs is 1. The number of carbonyl (C=O) groups excluding carboxylic acids is 1. The van der Waals surface area contributed by atoms with Crippen LogP contribution in [-0.4, -0.2) is 22.7 Å². The SMILES string of the molecule is O=C(O)CC1=Nc2ccccc2CNC1=O. The molecule has 0 bridgehead atoms. The lowest BCUT2D eigenvalue weighted by Crippen LogP contribution is -2.30. The molecule has 5 nitrogen and oxygen atoms in total. The van der Waals surface area contributed by atoms with E-state index in [1.807, 2.05) is 12.1 Å². The Balaban J connectivity index is 2.40. The van der Waals surface area contributed by atoms with Gasteiger partial charge in [0.15, 0.2) is 0 Å². The first-order chi connectivity index (χ1) is 7.66. The van der Waals surface area contributed by atoms with E-state index >= 15 is 0 Å². The first-order valence-corrected chi connectivity index (χ1v) is 4.82. The zero-order valence-corrected chi connectivity index (χ0v) is 8.43. The molecule has 1 aromatic carbocycles. The zero-order valence-electron chi connectivity index (χ0n) is 8.43. The summed E-state index contributed by atoms with van der Waals surface area (Å²) in [6.07, 6.45) is -0.361. The molecule has 0 saturated heterocycles. The minimum atomic E-state index is -1.06. The number of benzene rings is 1. The average Bonchev–Trinajstić information content (AvgIpc) is 2.39. The van der Waals surface area contributed by atoms with Crippen molar-refractivity contribution in [2.24, 2.45) is 4.99 Å². The maximum absolute atomic E-state index is 11.5. The smallest absolute Gasteiger partial charge is 0.309 e. The maximum atomic E-state index is 11.5. The summed E-state index contributed by atoms with van der Waals surface area (Å²) < 4.78 is 0. The molecule has 2 rings (SSSR count). The summed E-state index contributed by atoms with van der Waals surface area (Å²) in [5.74, 6) is -1.48. The molecule has 0 aromatic heterocycles. The standard InChI is InChI=1S/C11H10N2O3/c14-10(15)5-9-11(16)12-6-7-3-1-2-4-8(7)13-9/h1-4H,5-6H2,(H,12,16)(H,14,15). The molecule has 1 aliphatic rings. The molecule has 5 heteroatoms. The van der Waals surface area contributed by atoms with Crippen LogP contribution in [0, 0.1) is 0 Å². The molecule has 16 heavy (non-hydrogen) atoms. The van der Waals surface area contributed by atoms with E-state index in [0.717, 1.165) is 5.56 Å². The van der Waals surface area contributed by atoms with Gasteiger partial charge in [0.05, 0.1) is 12.1 Å². The number of rotatable bonds is 2. The van der Waals surface area contributed by atoms with Crippen LogP contribution in [0.3, 0.4) is 0 Å². The number of nitrogens with one attached hydrogen (secondary N) is 1. The van der Waals surface area contributed by atoms with Gasteiger partial charge in [0, 0.05) is 6.54 Å². The number of carboxylic acid groups (broad SMARTS) is 1. The second kappa shape index (κ2) is 4.14. The minimum Gasteiger partial charge on any atom is -0.481 e. The van der Waals surface area contributed by atoms with Gasteiger partial charge in [0.2, 0.25) is 0 Å². The highest BCUT2D eigenvalue weighted by Crippen LogP contribution is 2.21. The largest absolute Gasteiger partial charge is 0.481 e. The summed E-state index contributed by atoms with van der Waals surface area (Å²) in [7, 11) is 0. The highest BCUT2D eigenvalue weighted by molar-refractivity contribution is 6.42.